The predicted molar refractivity (Wildman–Crippen MR) is 43.3 cm³/mol. The van der Waals surface area contributed by atoms with Gasteiger partial charge >= 0.3 is 0 Å². The molecular weight excluding hydrogens is 140 g/mol. The number of aromatic nitrogens is 1. The molecule has 1 heterocycles. The third kappa shape index (κ3) is 2.04. The van der Waals surface area contributed by atoms with Crippen molar-refractivity contribution in [3.63, 3.8) is 0 Å². The van der Waals surface area contributed by atoms with E-state index in [0.29, 0.717) is 0 Å². The van der Waals surface area contributed by atoms with Gasteiger partial charge in [0.2, 0.25) is 0 Å². The van der Waals surface area contributed by atoms with Gasteiger partial charge in [-0.25, -0.2) is 0 Å². The number of hydrogen-bond acceptors (Lipinski definition) is 3. The van der Waals surface area contributed by atoms with Crippen molar-refractivity contribution in [1.29, 1.82) is 0 Å². The second-order valence-corrected chi connectivity index (χ2v) is 2.13. The molecule has 0 bridgehead atoms. The van der Waals surface area contributed by atoms with E-state index in [1.807, 2.05) is 25.1 Å². The lowest BCUT2D eigenvalue weighted by molar-refractivity contribution is 0.0715. The molecule has 0 radical (unpaired) electrons. The van der Waals surface area contributed by atoms with Gasteiger partial charge in [0, 0.05) is 12.9 Å². The highest BCUT2D eigenvalue weighted by Gasteiger charge is 2.04. The molecule has 0 aliphatic rings. The van der Waals surface area contributed by atoms with Crippen LogP contribution >= 0.6 is 0 Å². The first kappa shape index (κ1) is 7.72. The summed E-state index contributed by atoms with van der Waals surface area (Å²) in [5.74, 6) is 0. The van der Waals surface area contributed by atoms with Crippen molar-refractivity contribution in [3.8, 4) is 0 Å². The molecule has 1 aromatic heterocycles. The summed E-state index contributed by atoms with van der Waals surface area (Å²) in [7, 11) is 0. The lowest BCUT2D eigenvalue weighted by atomic mass is 10.2. The Hall–Kier alpha value is -1.38. The highest BCUT2D eigenvalue weighted by atomic mass is 16.6. The number of hydrogen-bond donors (Lipinski definition) is 0. The molecule has 1 aromatic rings. The Balaban J connectivity index is 2.68. The van der Waals surface area contributed by atoms with Gasteiger partial charge in [0.25, 0.3) is 0 Å². The van der Waals surface area contributed by atoms with Crippen molar-refractivity contribution in [2.24, 2.45) is 5.16 Å². The van der Waals surface area contributed by atoms with E-state index >= 15 is 0 Å². The fourth-order valence-corrected chi connectivity index (χ4v) is 0.782. The van der Waals surface area contributed by atoms with Gasteiger partial charge in [0.1, 0.15) is 0 Å². The van der Waals surface area contributed by atoms with Crippen LogP contribution in [0, 0.1) is 0 Å². The van der Waals surface area contributed by atoms with Crippen LogP contribution in [0.5, 0.6) is 0 Å². The van der Waals surface area contributed by atoms with E-state index < -0.39 is 0 Å². The minimum absolute atomic E-state index is 0.117. The van der Waals surface area contributed by atoms with E-state index in [4.69, 9.17) is 4.84 Å². The molecular formula is C8H10N2O. The summed E-state index contributed by atoms with van der Waals surface area (Å²) in [5.41, 5.74) is 0.861. The van der Waals surface area contributed by atoms with Crippen LogP contribution in [0.25, 0.3) is 0 Å². The third-order valence-electron chi connectivity index (χ3n) is 1.34. The molecule has 0 aliphatic carbocycles. The number of rotatable bonds is 3. The zero-order valence-electron chi connectivity index (χ0n) is 6.40. The van der Waals surface area contributed by atoms with Crippen molar-refractivity contribution in [2.45, 2.75) is 13.0 Å². The van der Waals surface area contributed by atoms with Crippen molar-refractivity contribution in [1.82, 2.24) is 4.98 Å². The summed E-state index contributed by atoms with van der Waals surface area (Å²) in [4.78, 5) is 8.96. The van der Waals surface area contributed by atoms with E-state index in [-0.39, 0.29) is 6.10 Å². The third-order valence-corrected chi connectivity index (χ3v) is 1.34. The average molecular weight is 150 g/mol. The minimum Gasteiger partial charge on any atom is -0.387 e. The van der Waals surface area contributed by atoms with Gasteiger partial charge in [-0.05, 0) is 19.1 Å². The van der Waals surface area contributed by atoms with Gasteiger partial charge in [0.15, 0.2) is 6.10 Å². The van der Waals surface area contributed by atoms with Crippen LogP contribution in [0.2, 0.25) is 0 Å². The summed E-state index contributed by atoms with van der Waals surface area (Å²) in [6, 6.07) is 5.65. The summed E-state index contributed by atoms with van der Waals surface area (Å²) in [6.45, 7) is 5.10. The molecule has 0 unspecified atom stereocenters. The van der Waals surface area contributed by atoms with Gasteiger partial charge < -0.3 is 4.84 Å². The molecule has 0 spiro atoms. The molecule has 0 aromatic carbocycles. The Morgan fingerprint density at radius 1 is 1.64 bits per heavy atom. The molecule has 1 rings (SSSR count). The maximum Gasteiger partial charge on any atom is 0.166 e. The van der Waals surface area contributed by atoms with Crippen LogP contribution in [-0.4, -0.2) is 11.7 Å². The van der Waals surface area contributed by atoms with E-state index in [1.165, 1.54) is 0 Å². The average Bonchev–Trinajstić information content (AvgIpc) is 2.07. The fourth-order valence-electron chi connectivity index (χ4n) is 0.782. The molecule has 0 saturated heterocycles. The molecule has 58 valence electrons. The first-order valence-electron chi connectivity index (χ1n) is 3.37. The van der Waals surface area contributed by atoms with Crippen LogP contribution in [0.4, 0.5) is 0 Å². The summed E-state index contributed by atoms with van der Waals surface area (Å²) in [6.07, 6.45) is 1.60. The first-order chi connectivity index (χ1) is 5.34. The van der Waals surface area contributed by atoms with Gasteiger partial charge in [-0.3, -0.25) is 4.98 Å². The molecule has 11 heavy (non-hydrogen) atoms. The van der Waals surface area contributed by atoms with Crippen molar-refractivity contribution >= 4 is 6.72 Å². The van der Waals surface area contributed by atoms with E-state index in [2.05, 4.69) is 16.9 Å². The van der Waals surface area contributed by atoms with Crippen LogP contribution in [0.1, 0.15) is 18.7 Å². The zero-order valence-corrected chi connectivity index (χ0v) is 6.40. The van der Waals surface area contributed by atoms with Gasteiger partial charge in [0.05, 0.1) is 5.69 Å². The second-order valence-electron chi connectivity index (χ2n) is 2.13. The Bertz CT molecular complexity index is 223. The lowest BCUT2D eigenvalue weighted by Gasteiger charge is -2.06. The Labute approximate surface area is 65.7 Å². The highest BCUT2D eigenvalue weighted by Crippen LogP contribution is 2.12. The molecule has 0 aliphatic heterocycles. The van der Waals surface area contributed by atoms with Crippen molar-refractivity contribution < 1.29 is 4.84 Å². The largest absolute Gasteiger partial charge is 0.387 e. The SMILES string of the molecule is C=NO[C@H](C)c1ccccn1. The number of nitrogens with zero attached hydrogens (tertiary/aromatic N) is 2. The van der Waals surface area contributed by atoms with Crippen LogP contribution in [0.15, 0.2) is 29.6 Å². The monoisotopic (exact) mass is 150 g/mol. The standard InChI is InChI=1S/C8H10N2O/c1-7(11-9-2)8-5-3-4-6-10-8/h3-7H,2H2,1H3/t7-/m1/s1. The predicted octanol–water partition coefficient (Wildman–Crippen LogP) is 1.77. The summed E-state index contributed by atoms with van der Waals surface area (Å²) in [5, 5.41) is 3.32. The molecule has 3 heteroatoms. The first-order valence-corrected chi connectivity index (χ1v) is 3.37. The Morgan fingerprint density at radius 2 is 2.45 bits per heavy atom. The molecule has 0 fully saturated rings. The molecule has 0 amide bonds. The quantitative estimate of drug-likeness (QED) is 0.486. The maximum absolute atomic E-state index is 4.88. The summed E-state index contributed by atoms with van der Waals surface area (Å²) < 4.78 is 0. The van der Waals surface area contributed by atoms with Gasteiger partial charge in [-0.15, -0.1) is 5.16 Å². The topological polar surface area (TPSA) is 34.5 Å². The Morgan fingerprint density at radius 3 is 3.00 bits per heavy atom. The maximum atomic E-state index is 4.88. The van der Waals surface area contributed by atoms with Gasteiger partial charge in [-0.1, -0.05) is 6.07 Å². The minimum atomic E-state index is -0.117. The lowest BCUT2D eigenvalue weighted by Crippen LogP contribution is -1.96. The number of oxime groups is 1. The molecule has 0 N–H and O–H groups in total. The zero-order chi connectivity index (χ0) is 8.10. The second kappa shape index (κ2) is 3.71. The molecule has 3 nitrogen and oxygen atoms in total. The van der Waals surface area contributed by atoms with E-state index in [0.717, 1.165) is 5.69 Å². The van der Waals surface area contributed by atoms with E-state index in [1.54, 1.807) is 6.20 Å². The van der Waals surface area contributed by atoms with Gasteiger partial charge in [-0.2, -0.15) is 0 Å². The number of pyridine rings is 1. The Kier molecular flexibility index (Phi) is 2.60. The van der Waals surface area contributed by atoms with Crippen molar-refractivity contribution in [2.75, 3.05) is 0 Å². The van der Waals surface area contributed by atoms with Crippen molar-refractivity contribution in [3.05, 3.63) is 30.1 Å². The van der Waals surface area contributed by atoms with Crippen LogP contribution < -0.4 is 0 Å². The highest BCUT2D eigenvalue weighted by molar-refractivity contribution is 5.21. The fraction of sp³-hybridized carbons (Fsp3) is 0.250. The summed E-state index contributed by atoms with van der Waals surface area (Å²) >= 11 is 0. The van der Waals surface area contributed by atoms with E-state index in [9.17, 15) is 0 Å². The van der Waals surface area contributed by atoms with Crippen LogP contribution in [-0.2, 0) is 4.84 Å². The van der Waals surface area contributed by atoms with Crippen LogP contribution in [0.3, 0.4) is 0 Å². The molecule has 0 saturated carbocycles. The smallest absolute Gasteiger partial charge is 0.166 e. The molecule has 1 atom stereocenters. The normalized spacial score (nSPS) is 12.1.